The molecule has 0 fully saturated rings. The van der Waals surface area contributed by atoms with E-state index in [0.29, 0.717) is 29.3 Å². The Morgan fingerprint density at radius 2 is 1.83 bits per heavy atom. The van der Waals surface area contributed by atoms with Gasteiger partial charge < -0.3 is 14.8 Å². The molecule has 2 aromatic carbocycles. The number of nitrogens with one attached hydrogen (secondary N) is 2. The molecule has 3 heterocycles. The maximum absolute atomic E-state index is 13.9. The Hall–Kier alpha value is -4.24. The lowest BCUT2D eigenvalue weighted by Crippen LogP contribution is -2.54. The van der Waals surface area contributed by atoms with Crippen LogP contribution in [0.15, 0.2) is 61.1 Å². The van der Waals surface area contributed by atoms with Crippen molar-refractivity contribution in [1.82, 2.24) is 24.6 Å². The molecule has 1 aliphatic rings. The zero-order valence-electron chi connectivity index (χ0n) is 22.0. The molecule has 0 aliphatic carbocycles. The van der Waals surface area contributed by atoms with E-state index >= 15 is 0 Å². The molecule has 15 heteroatoms. The van der Waals surface area contributed by atoms with Crippen molar-refractivity contribution >= 4 is 58.2 Å². The normalized spacial score (nSPS) is 13.3. The van der Waals surface area contributed by atoms with Crippen LogP contribution in [0, 0.1) is 11.6 Å². The smallest absolute Gasteiger partial charge is 0.330 e. The maximum atomic E-state index is 13.9. The number of halogens is 2. The standard InChI is InChI=1S/C26H25F2N7O4S.H2S/c1-33-15-30-21-14-20(5-6-23(21)33)34(2)25(36)22(12-16-10-18(27)13-19(28)11-16)31-26(37)32-40(38,39)35-9-7-17-4-3-8-29-24(17)35;/h3-6,8,10-11,13-15,22H,7,9,12H2,1-2H3,(H2,31,32,37);1H2/t22-;/m0./s1. The SMILES string of the molecule is CN(C(=O)[C@H](Cc1cc(F)cc(F)c1)NC(=O)NS(=O)(=O)N1CCc2cccnc21)c1ccc2c(c1)ncn2C.S. The van der Waals surface area contributed by atoms with Gasteiger partial charge in [0.25, 0.3) is 0 Å². The number of benzene rings is 2. The van der Waals surface area contributed by atoms with Gasteiger partial charge in [-0.2, -0.15) is 21.9 Å². The largest absolute Gasteiger partial charge is 0.334 e. The molecule has 0 bridgehead atoms. The lowest BCUT2D eigenvalue weighted by atomic mass is 10.0. The highest BCUT2D eigenvalue weighted by atomic mass is 32.2. The summed E-state index contributed by atoms with van der Waals surface area (Å²) in [5.74, 6) is -2.17. The molecule has 2 N–H and O–H groups in total. The van der Waals surface area contributed by atoms with E-state index in [1.165, 1.54) is 18.1 Å². The number of urea groups is 1. The maximum Gasteiger partial charge on any atom is 0.330 e. The lowest BCUT2D eigenvalue weighted by molar-refractivity contribution is -0.120. The first-order valence-corrected chi connectivity index (χ1v) is 13.6. The second-order valence-corrected chi connectivity index (χ2v) is 10.9. The molecule has 4 aromatic rings. The predicted molar refractivity (Wildman–Crippen MR) is 154 cm³/mol. The van der Waals surface area contributed by atoms with Gasteiger partial charge in [0.05, 0.1) is 17.4 Å². The molecule has 0 unspecified atom stereocenters. The van der Waals surface area contributed by atoms with Crippen LogP contribution in [0.4, 0.5) is 25.1 Å². The number of rotatable bonds is 7. The summed E-state index contributed by atoms with van der Waals surface area (Å²) in [6, 6.07) is 8.73. The number of anilines is 2. The monoisotopic (exact) mass is 603 g/mol. The fourth-order valence-corrected chi connectivity index (χ4v) is 5.76. The molecule has 0 spiro atoms. The second-order valence-electron chi connectivity index (χ2n) is 9.35. The van der Waals surface area contributed by atoms with Crippen LogP contribution < -0.4 is 19.2 Å². The molecule has 11 nitrogen and oxygen atoms in total. The Morgan fingerprint density at radius 3 is 2.56 bits per heavy atom. The van der Waals surface area contributed by atoms with E-state index in [1.54, 1.807) is 36.7 Å². The molecule has 0 saturated carbocycles. The Bertz CT molecular complexity index is 1710. The third-order valence-electron chi connectivity index (χ3n) is 6.59. The van der Waals surface area contributed by atoms with Crippen LogP contribution >= 0.6 is 13.5 Å². The third-order valence-corrected chi connectivity index (χ3v) is 7.97. The highest BCUT2D eigenvalue weighted by Crippen LogP contribution is 2.27. The molecule has 216 valence electrons. The molecule has 1 atom stereocenters. The molecule has 1 aliphatic heterocycles. The lowest BCUT2D eigenvalue weighted by Gasteiger charge is -2.26. The quantitative estimate of drug-likeness (QED) is 0.334. The van der Waals surface area contributed by atoms with Gasteiger partial charge in [0.15, 0.2) is 0 Å². The van der Waals surface area contributed by atoms with Crippen LogP contribution in [0.2, 0.25) is 0 Å². The number of hydrogen-bond acceptors (Lipinski definition) is 6. The van der Waals surface area contributed by atoms with Crippen molar-refractivity contribution in [3.63, 3.8) is 0 Å². The van der Waals surface area contributed by atoms with Crippen molar-refractivity contribution < 1.29 is 26.8 Å². The van der Waals surface area contributed by atoms with Crippen LogP contribution in [-0.4, -0.2) is 54.5 Å². The van der Waals surface area contributed by atoms with Crippen molar-refractivity contribution in [3.05, 3.63) is 83.8 Å². The van der Waals surface area contributed by atoms with Gasteiger partial charge in [0, 0.05) is 45.0 Å². The Kier molecular flexibility index (Phi) is 8.49. The molecule has 0 saturated heterocycles. The van der Waals surface area contributed by atoms with Crippen LogP contribution in [0.3, 0.4) is 0 Å². The van der Waals surface area contributed by atoms with E-state index in [9.17, 15) is 26.8 Å². The number of carbonyl (C=O) groups excluding carboxylic acids is 2. The average Bonchev–Trinajstić information content (AvgIpc) is 3.50. The van der Waals surface area contributed by atoms with Gasteiger partial charge in [0.2, 0.25) is 5.91 Å². The van der Waals surface area contributed by atoms with Crippen molar-refractivity contribution in [2.75, 3.05) is 22.8 Å². The van der Waals surface area contributed by atoms with E-state index in [1.807, 2.05) is 16.3 Å². The number of imidazole rings is 1. The second kappa shape index (κ2) is 11.7. The molecule has 41 heavy (non-hydrogen) atoms. The van der Waals surface area contributed by atoms with Gasteiger partial charge in [-0.15, -0.1) is 0 Å². The zero-order valence-corrected chi connectivity index (χ0v) is 23.8. The minimum atomic E-state index is -4.37. The summed E-state index contributed by atoms with van der Waals surface area (Å²) in [4.78, 5) is 36.1. The van der Waals surface area contributed by atoms with Crippen molar-refractivity contribution in [1.29, 1.82) is 0 Å². The number of aryl methyl sites for hydroxylation is 1. The number of pyridine rings is 1. The van der Waals surface area contributed by atoms with E-state index in [4.69, 9.17) is 0 Å². The van der Waals surface area contributed by atoms with Crippen molar-refractivity contribution in [3.8, 4) is 0 Å². The van der Waals surface area contributed by atoms with E-state index < -0.39 is 39.8 Å². The van der Waals surface area contributed by atoms with Crippen LogP contribution in [0.1, 0.15) is 11.1 Å². The number of hydrogen-bond donors (Lipinski definition) is 2. The number of aromatic nitrogens is 3. The zero-order chi connectivity index (χ0) is 28.6. The average molecular weight is 604 g/mol. The van der Waals surface area contributed by atoms with E-state index in [0.717, 1.165) is 22.0 Å². The van der Waals surface area contributed by atoms with Gasteiger partial charge in [-0.25, -0.2) is 32.6 Å². The van der Waals surface area contributed by atoms with Crippen LogP contribution in [-0.2, 0) is 34.9 Å². The fraction of sp³-hybridized carbons (Fsp3) is 0.231. The fourth-order valence-electron chi connectivity index (χ4n) is 4.63. The summed E-state index contributed by atoms with van der Waals surface area (Å²) >= 11 is 0. The summed E-state index contributed by atoms with van der Waals surface area (Å²) < 4.78 is 58.5. The van der Waals surface area contributed by atoms with Crippen molar-refractivity contribution in [2.24, 2.45) is 7.05 Å². The summed E-state index contributed by atoms with van der Waals surface area (Å²) in [5.41, 5.74) is 2.70. The number of likely N-dealkylation sites (N-methyl/N-ethyl adjacent to an activating group) is 1. The topological polar surface area (TPSA) is 130 Å². The first-order chi connectivity index (χ1) is 19.0. The highest BCUT2D eigenvalue weighted by molar-refractivity contribution is 7.91. The van der Waals surface area contributed by atoms with Gasteiger partial charge in [0.1, 0.15) is 23.5 Å². The Labute approximate surface area is 241 Å². The predicted octanol–water partition coefficient (Wildman–Crippen LogP) is 2.54. The summed E-state index contributed by atoms with van der Waals surface area (Å²) in [7, 11) is -1.08. The van der Waals surface area contributed by atoms with Crippen LogP contribution in [0.5, 0.6) is 0 Å². The molecular weight excluding hydrogens is 576 g/mol. The first kappa shape index (κ1) is 29.7. The van der Waals surface area contributed by atoms with Crippen molar-refractivity contribution in [2.45, 2.75) is 18.9 Å². The van der Waals surface area contributed by atoms with Gasteiger partial charge in [-0.05, 0) is 53.9 Å². The summed E-state index contributed by atoms with van der Waals surface area (Å²) in [6.07, 6.45) is 3.17. The molecule has 5 rings (SSSR count). The van der Waals surface area contributed by atoms with E-state index in [2.05, 4.69) is 15.3 Å². The highest BCUT2D eigenvalue weighted by Gasteiger charge is 2.33. The first-order valence-electron chi connectivity index (χ1n) is 12.2. The molecule has 2 aromatic heterocycles. The minimum absolute atomic E-state index is 0. The number of carbonyl (C=O) groups is 2. The van der Waals surface area contributed by atoms with Gasteiger partial charge in [-0.1, -0.05) is 6.07 Å². The number of amides is 3. The van der Waals surface area contributed by atoms with Gasteiger partial charge >= 0.3 is 16.2 Å². The third kappa shape index (κ3) is 6.25. The molecular formula is C26H27F2N7O4S2. The summed E-state index contributed by atoms with van der Waals surface area (Å²) in [5, 5.41) is 2.37. The van der Waals surface area contributed by atoms with Crippen LogP contribution in [0.25, 0.3) is 11.0 Å². The Morgan fingerprint density at radius 1 is 1.10 bits per heavy atom. The van der Waals surface area contributed by atoms with Gasteiger partial charge in [-0.3, -0.25) is 4.79 Å². The Balaban J connectivity index is 0.00000387. The number of fused-ring (bicyclic) bond motifs is 2. The molecule has 3 amide bonds. The summed E-state index contributed by atoms with van der Waals surface area (Å²) in [6.45, 7) is 0.0820. The molecule has 0 radical (unpaired) electrons. The van der Waals surface area contributed by atoms with E-state index in [-0.39, 0.29) is 37.8 Å². The minimum Gasteiger partial charge on any atom is -0.334 e. The number of nitrogens with zero attached hydrogens (tertiary/aromatic N) is 5.